The van der Waals surface area contributed by atoms with E-state index in [-0.39, 0.29) is 0 Å². The molecule has 2 aromatic rings. The molecule has 1 aromatic carbocycles. The summed E-state index contributed by atoms with van der Waals surface area (Å²) < 4.78 is 5.93. The molecule has 0 radical (unpaired) electrons. The molecule has 0 aliphatic rings. The Hall–Kier alpha value is -1.03. The molecule has 114 valence electrons. The molecule has 2 rings (SSSR count). The SMILES string of the molecule is CCCNCc1cc(COc2ccc(Cl)cc2C)c(C)s1. The molecule has 0 saturated heterocycles. The molecule has 1 N–H and O–H groups in total. The number of rotatable bonds is 7. The van der Waals surface area contributed by atoms with Crippen molar-refractivity contribution in [3.05, 3.63) is 50.2 Å². The number of benzene rings is 1. The van der Waals surface area contributed by atoms with Crippen LogP contribution < -0.4 is 10.1 Å². The third kappa shape index (κ3) is 4.73. The normalized spacial score (nSPS) is 10.9. The van der Waals surface area contributed by atoms with Gasteiger partial charge in [-0.05, 0) is 56.6 Å². The highest BCUT2D eigenvalue weighted by molar-refractivity contribution is 7.12. The van der Waals surface area contributed by atoms with Gasteiger partial charge in [0.1, 0.15) is 12.4 Å². The Morgan fingerprint density at radius 1 is 1.24 bits per heavy atom. The quantitative estimate of drug-likeness (QED) is 0.716. The summed E-state index contributed by atoms with van der Waals surface area (Å²) in [6.45, 7) is 8.97. The smallest absolute Gasteiger partial charge is 0.122 e. The van der Waals surface area contributed by atoms with Crippen molar-refractivity contribution in [2.24, 2.45) is 0 Å². The van der Waals surface area contributed by atoms with E-state index in [0.717, 1.165) is 35.8 Å². The Morgan fingerprint density at radius 3 is 2.76 bits per heavy atom. The molecule has 2 nitrogen and oxygen atoms in total. The van der Waals surface area contributed by atoms with E-state index in [0.29, 0.717) is 6.61 Å². The van der Waals surface area contributed by atoms with Crippen LogP contribution in [0.15, 0.2) is 24.3 Å². The Balaban J connectivity index is 1.96. The van der Waals surface area contributed by atoms with E-state index in [4.69, 9.17) is 16.3 Å². The molecular weight excluding hydrogens is 302 g/mol. The van der Waals surface area contributed by atoms with E-state index in [2.05, 4.69) is 25.2 Å². The van der Waals surface area contributed by atoms with E-state index >= 15 is 0 Å². The van der Waals surface area contributed by atoms with Crippen LogP contribution in [0.5, 0.6) is 5.75 Å². The maximum Gasteiger partial charge on any atom is 0.122 e. The topological polar surface area (TPSA) is 21.3 Å². The van der Waals surface area contributed by atoms with Crippen LogP contribution in [0.4, 0.5) is 0 Å². The number of hydrogen-bond acceptors (Lipinski definition) is 3. The Morgan fingerprint density at radius 2 is 2.05 bits per heavy atom. The van der Waals surface area contributed by atoms with Gasteiger partial charge >= 0.3 is 0 Å². The Bertz CT molecular complexity index is 594. The number of thiophene rings is 1. The highest BCUT2D eigenvalue weighted by Gasteiger charge is 2.07. The summed E-state index contributed by atoms with van der Waals surface area (Å²) in [5, 5.41) is 4.18. The third-order valence-corrected chi connectivity index (χ3v) is 4.65. The molecule has 0 atom stereocenters. The number of halogens is 1. The second-order valence-electron chi connectivity index (χ2n) is 5.17. The molecular formula is C17H22ClNOS. The molecule has 0 aliphatic carbocycles. The van der Waals surface area contributed by atoms with Crippen molar-refractivity contribution < 1.29 is 4.74 Å². The maximum absolute atomic E-state index is 5.96. The van der Waals surface area contributed by atoms with Crippen molar-refractivity contribution in [1.29, 1.82) is 0 Å². The van der Waals surface area contributed by atoms with Gasteiger partial charge in [-0.25, -0.2) is 0 Å². The summed E-state index contributed by atoms with van der Waals surface area (Å²) >= 11 is 7.81. The lowest BCUT2D eigenvalue weighted by Gasteiger charge is -2.09. The van der Waals surface area contributed by atoms with Crippen molar-refractivity contribution in [2.45, 2.75) is 40.3 Å². The summed E-state index contributed by atoms with van der Waals surface area (Å²) in [6, 6.07) is 7.97. The van der Waals surface area contributed by atoms with Crippen LogP contribution in [0, 0.1) is 13.8 Å². The summed E-state index contributed by atoms with van der Waals surface area (Å²) in [5.41, 5.74) is 2.34. The average molecular weight is 324 g/mol. The van der Waals surface area contributed by atoms with E-state index in [1.54, 1.807) is 0 Å². The summed E-state index contributed by atoms with van der Waals surface area (Å²) in [5.74, 6) is 0.899. The van der Waals surface area contributed by atoms with Crippen molar-refractivity contribution in [3.63, 3.8) is 0 Å². The highest BCUT2D eigenvalue weighted by Crippen LogP contribution is 2.26. The van der Waals surface area contributed by atoms with Gasteiger partial charge in [-0.3, -0.25) is 0 Å². The molecule has 1 heterocycles. The van der Waals surface area contributed by atoms with Crippen molar-refractivity contribution in [2.75, 3.05) is 6.54 Å². The monoisotopic (exact) mass is 323 g/mol. The van der Waals surface area contributed by atoms with Crippen molar-refractivity contribution in [3.8, 4) is 5.75 Å². The zero-order valence-electron chi connectivity index (χ0n) is 12.8. The minimum Gasteiger partial charge on any atom is -0.489 e. The Labute approximate surface area is 136 Å². The standard InChI is InChI=1S/C17H22ClNOS/c1-4-7-19-10-16-9-14(13(3)21-16)11-20-17-6-5-15(18)8-12(17)2/h5-6,8-9,19H,4,7,10-11H2,1-3H3. The first-order valence-electron chi connectivity index (χ1n) is 7.28. The molecule has 21 heavy (non-hydrogen) atoms. The molecule has 0 aliphatic heterocycles. The average Bonchev–Trinajstić information content (AvgIpc) is 2.79. The van der Waals surface area contributed by atoms with Crippen molar-refractivity contribution >= 4 is 22.9 Å². The van der Waals surface area contributed by atoms with Crippen LogP contribution in [0.2, 0.25) is 5.02 Å². The molecule has 0 spiro atoms. The van der Waals surface area contributed by atoms with Crippen LogP contribution >= 0.6 is 22.9 Å². The minimum absolute atomic E-state index is 0.610. The van der Waals surface area contributed by atoms with Gasteiger partial charge in [-0.1, -0.05) is 18.5 Å². The highest BCUT2D eigenvalue weighted by atomic mass is 35.5. The van der Waals surface area contributed by atoms with Gasteiger partial charge in [0.2, 0.25) is 0 Å². The number of nitrogens with one attached hydrogen (secondary N) is 1. The summed E-state index contributed by atoms with van der Waals surface area (Å²) in [6.07, 6.45) is 1.16. The summed E-state index contributed by atoms with van der Waals surface area (Å²) in [7, 11) is 0. The van der Waals surface area contributed by atoms with Crippen LogP contribution in [0.1, 0.15) is 34.2 Å². The fourth-order valence-electron chi connectivity index (χ4n) is 2.14. The molecule has 1 aromatic heterocycles. The fraction of sp³-hybridized carbons (Fsp3) is 0.412. The van der Waals surface area contributed by atoms with Crippen LogP contribution in [-0.4, -0.2) is 6.54 Å². The van der Waals surface area contributed by atoms with Gasteiger partial charge in [0.25, 0.3) is 0 Å². The third-order valence-electron chi connectivity index (χ3n) is 3.32. The second kappa shape index (κ2) is 7.83. The zero-order chi connectivity index (χ0) is 15.2. The number of aryl methyl sites for hydroxylation is 2. The first-order chi connectivity index (χ1) is 10.1. The minimum atomic E-state index is 0.610. The fourth-order valence-corrected chi connectivity index (χ4v) is 3.38. The second-order valence-corrected chi connectivity index (χ2v) is 6.95. The van der Waals surface area contributed by atoms with Gasteiger partial charge in [0.05, 0.1) is 0 Å². The predicted molar refractivity (Wildman–Crippen MR) is 91.6 cm³/mol. The lowest BCUT2D eigenvalue weighted by molar-refractivity contribution is 0.304. The van der Waals surface area contributed by atoms with Crippen LogP contribution in [0.3, 0.4) is 0 Å². The van der Waals surface area contributed by atoms with Gasteiger partial charge in [0, 0.05) is 26.9 Å². The van der Waals surface area contributed by atoms with Crippen LogP contribution in [0.25, 0.3) is 0 Å². The number of hydrogen-bond donors (Lipinski definition) is 1. The lowest BCUT2D eigenvalue weighted by atomic mass is 10.2. The van der Waals surface area contributed by atoms with Crippen molar-refractivity contribution in [1.82, 2.24) is 5.32 Å². The molecule has 0 unspecified atom stereocenters. The van der Waals surface area contributed by atoms with Gasteiger partial charge in [-0.15, -0.1) is 11.3 Å². The molecule has 0 saturated carbocycles. The molecule has 4 heteroatoms. The van der Waals surface area contributed by atoms with E-state index in [1.165, 1.54) is 15.3 Å². The van der Waals surface area contributed by atoms with Crippen LogP contribution in [-0.2, 0) is 13.2 Å². The lowest BCUT2D eigenvalue weighted by Crippen LogP contribution is -2.12. The maximum atomic E-state index is 5.96. The van der Waals surface area contributed by atoms with Gasteiger partial charge < -0.3 is 10.1 Å². The summed E-state index contributed by atoms with van der Waals surface area (Å²) in [4.78, 5) is 2.70. The molecule has 0 bridgehead atoms. The zero-order valence-corrected chi connectivity index (χ0v) is 14.4. The van der Waals surface area contributed by atoms with E-state index in [9.17, 15) is 0 Å². The molecule has 0 amide bonds. The molecule has 0 fully saturated rings. The van der Waals surface area contributed by atoms with Gasteiger partial charge in [-0.2, -0.15) is 0 Å². The first kappa shape index (κ1) is 16.3. The number of ether oxygens (including phenoxy) is 1. The Kier molecular flexibility index (Phi) is 6.09. The first-order valence-corrected chi connectivity index (χ1v) is 8.47. The largest absolute Gasteiger partial charge is 0.489 e. The van der Waals surface area contributed by atoms with E-state index < -0.39 is 0 Å². The van der Waals surface area contributed by atoms with Gasteiger partial charge in [0.15, 0.2) is 0 Å². The predicted octanol–water partition coefficient (Wildman–Crippen LogP) is 5.10. The van der Waals surface area contributed by atoms with E-state index in [1.807, 2.05) is 36.5 Å².